The molecular formula is C24H26N2O4. The zero-order valence-electron chi connectivity index (χ0n) is 17.1. The lowest BCUT2D eigenvalue weighted by atomic mass is 9.88. The van der Waals surface area contributed by atoms with Crippen LogP contribution in [0.25, 0.3) is 10.9 Å². The summed E-state index contributed by atoms with van der Waals surface area (Å²) < 4.78 is 5.97. The normalized spacial score (nSPS) is 11.9. The lowest BCUT2D eigenvalue weighted by molar-refractivity contribution is 0.0994. The van der Waals surface area contributed by atoms with Gasteiger partial charge in [-0.3, -0.25) is 4.79 Å². The number of rotatable bonds is 7. The first-order valence-corrected chi connectivity index (χ1v) is 9.84. The molecule has 1 heterocycles. The third-order valence-corrected chi connectivity index (χ3v) is 4.85. The number of benzene rings is 2. The van der Waals surface area contributed by atoms with Crippen LogP contribution in [0, 0.1) is 11.8 Å². The van der Waals surface area contributed by atoms with Gasteiger partial charge < -0.3 is 25.7 Å². The molecule has 6 heteroatoms. The lowest BCUT2D eigenvalue weighted by Gasteiger charge is -2.23. The van der Waals surface area contributed by atoms with E-state index in [-0.39, 0.29) is 30.8 Å². The summed E-state index contributed by atoms with van der Waals surface area (Å²) in [6.07, 6.45) is 2.27. The maximum Gasteiger partial charge on any atom is 0.252 e. The average molecular weight is 406 g/mol. The summed E-state index contributed by atoms with van der Waals surface area (Å²) >= 11 is 0. The number of aromatic nitrogens is 1. The van der Waals surface area contributed by atoms with Gasteiger partial charge >= 0.3 is 0 Å². The maximum atomic E-state index is 12.2. The molecule has 1 atom stereocenters. The fourth-order valence-corrected chi connectivity index (χ4v) is 3.56. The monoisotopic (exact) mass is 406 g/mol. The Morgan fingerprint density at radius 2 is 2.00 bits per heavy atom. The maximum absolute atomic E-state index is 12.2. The molecule has 0 radical (unpaired) electrons. The summed E-state index contributed by atoms with van der Waals surface area (Å²) in [6, 6.07) is 11.3. The predicted octanol–water partition coefficient (Wildman–Crippen LogP) is 2.72. The van der Waals surface area contributed by atoms with E-state index < -0.39 is 5.91 Å². The molecule has 0 aliphatic rings. The van der Waals surface area contributed by atoms with E-state index in [4.69, 9.17) is 15.6 Å². The van der Waals surface area contributed by atoms with Crippen molar-refractivity contribution in [3.8, 4) is 17.6 Å². The number of ether oxygens (including phenoxy) is 1. The molecule has 6 nitrogen and oxygen atoms in total. The first kappa shape index (κ1) is 21.4. The highest BCUT2D eigenvalue weighted by Gasteiger charge is 2.24. The van der Waals surface area contributed by atoms with Crippen molar-refractivity contribution in [3.63, 3.8) is 0 Å². The summed E-state index contributed by atoms with van der Waals surface area (Å²) in [5.41, 5.74) is 9.09. The van der Waals surface area contributed by atoms with Gasteiger partial charge in [-0.05, 0) is 44.0 Å². The molecule has 5 N–H and O–H groups in total. The number of amides is 1. The second-order valence-electron chi connectivity index (χ2n) is 7.38. The summed E-state index contributed by atoms with van der Waals surface area (Å²) in [5, 5.41) is 20.4. The number of nitrogens with one attached hydrogen (secondary N) is 1. The number of carbonyl (C=O) groups excluding carboxylic acids is 1. The molecule has 0 bridgehead atoms. The van der Waals surface area contributed by atoms with Crippen molar-refractivity contribution in [2.24, 2.45) is 5.73 Å². The molecule has 0 aliphatic carbocycles. The zero-order valence-corrected chi connectivity index (χ0v) is 17.1. The Kier molecular flexibility index (Phi) is 6.78. The molecule has 3 rings (SSSR count). The number of H-pyrrole nitrogens is 1. The Balaban J connectivity index is 2.13. The van der Waals surface area contributed by atoms with Gasteiger partial charge in [0.1, 0.15) is 12.4 Å². The lowest BCUT2D eigenvalue weighted by Crippen LogP contribution is -2.19. The summed E-state index contributed by atoms with van der Waals surface area (Å²) in [4.78, 5) is 15.4. The van der Waals surface area contributed by atoms with Crippen LogP contribution >= 0.6 is 0 Å². The highest BCUT2D eigenvalue weighted by Crippen LogP contribution is 2.35. The Morgan fingerprint density at radius 1 is 1.23 bits per heavy atom. The molecular weight excluding hydrogens is 380 g/mol. The summed E-state index contributed by atoms with van der Waals surface area (Å²) in [6.45, 7) is 3.27. The highest BCUT2D eigenvalue weighted by molar-refractivity contribution is 5.96. The van der Waals surface area contributed by atoms with E-state index in [9.17, 15) is 9.90 Å². The summed E-state index contributed by atoms with van der Waals surface area (Å²) in [7, 11) is 0. The molecule has 156 valence electrons. The van der Waals surface area contributed by atoms with Crippen LogP contribution in [0.1, 0.15) is 46.8 Å². The van der Waals surface area contributed by atoms with Crippen LogP contribution in [-0.4, -0.2) is 40.4 Å². The largest absolute Gasteiger partial charge is 0.490 e. The first-order valence-electron chi connectivity index (χ1n) is 9.84. The Labute approximate surface area is 175 Å². The number of para-hydroxylation sites is 1. The number of hydrogen-bond donors (Lipinski definition) is 4. The molecule has 30 heavy (non-hydrogen) atoms. The van der Waals surface area contributed by atoms with E-state index in [1.807, 2.05) is 44.3 Å². The van der Waals surface area contributed by atoms with Gasteiger partial charge in [-0.15, -0.1) is 0 Å². The van der Waals surface area contributed by atoms with Gasteiger partial charge in [0, 0.05) is 34.1 Å². The van der Waals surface area contributed by atoms with Gasteiger partial charge in [0.05, 0.1) is 18.3 Å². The molecule has 1 amide bonds. The number of nitrogens with two attached hydrogens (primary N) is 1. The van der Waals surface area contributed by atoms with Crippen LogP contribution in [0.15, 0.2) is 42.6 Å². The molecule has 0 unspecified atom stereocenters. The SMILES string of the molecule is CC(C)Oc1c(C(N)=O)cc(C#CCO)cc1[C@H](CO)Cc1c[nH]c2ccccc12. The Hall–Kier alpha value is -3.27. The third kappa shape index (κ3) is 4.65. The Bertz CT molecular complexity index is 1110. The van der Waals surface area contributed by atoms with Crippen LogP contribution < -0.4 is 10.5 Å². The van der Waals surface area contributed by atoms with Gasteiger partial charge in [-0.1, -0.05) is 30.0 Å². The molecule has 0 saturated carbocycles. The minimum Gasteiger partial charge on any atom is -0.490 e. The molecule has 1 aromatic heterocycles. The average Bonchev–Trinajstić information content (AvgIpc) is 3.13. The highest BCUT2D eigenvalue weighted by atomic mass is 16.5. The van der Waals surface area contributed by atoms with Crippen LogP contribution in [0.3, 0.4) is 0 Å². The fraction of sp³-hybridized carbons (Fsp3) is 0.292. The number of aliphatic hydroxyl groups is 2. The van der Waals surface area contributed by atoms with Crippen molar-refractivity contribution in [1.82, 2.24) is 4.98 Å². The van der Waals surface area contributed by atoms with Crippen molar-refractivity contribution < 1.29 is 19.7 Å². The topological polar surface area (TPSA) is 109 Å². The predicted molar refractivity (Wildman–Crippen MR) is 117 cm³/mol. The standard InChI is InChI=1S/C24H26N2O4/c1-15(2)30-23-20(10-16(6-5-9-27)11-21(23)24(25)29)18(14-28)12-17-13-26-22-8-4-3-7-19(17)22/h3-4,7-8,10-11,13,15,18,26-28H,9,12,14H2,1-2H3,(H2,25,29)/t18-/m0/s1. The van der Waals surface area contributed by atoms with Crippen molar-refractivity contribution in [1.29, 1.82) is 0 Å². The smallest absolute Gasteiger partial charge is 0.252 e. The minimum absolute atomic E-state index is 0.150. The van der Waals surface area contributed by atoms with Gasteiger partial charge in [0.15, 0.2) is 0 Å². The van der Waals surface area contributed by atoms with Gasteiger partial charge in [-0.2, -0.15) is 0 Å². The fourth-order valence-electron chi connectivity index (χ4n) is 3.56. The third-order valence-electron chi connectivity index (χ3n) is 4.85. The van der Waals surface area contributed by atoms with Crippen molar-refractivity contribution in [2.75, 3.05) is 13.2 Å². The molecule has 0 spiro atoms. The zero-order chi connectivity index (χ0) is 21.7. The van der Waals surface area contributed by atoms with Crippen LogP contribution in [-0.2, 0) is 6.42 Å². The molecule has 2 aromatic carbocycles. The first-order chi connectivity index (χ1) is 14.4. The van der Waals surface area contributed by atoms with E-state index >= 15 is 0 Å². The van der Waals surface area contributed by atoms with Gasteiger partial charge in [-0.25, -0.2) is 0 Å². The van der Waals surface area contributed by atoms with E-state index in [0.717, 1.165) is 16.5 Å². The molecule has 3 aromatic rings. The molecule has 0 saturated heterocycles. The number of carbonyl (C=O) groups is 1. The van der Waals surface area contributed by atoms with Crippen molar-refractivity contribution >= 4 is 16.8 Å². The number of aliphatic hydroxyl groups excluding tert-OH is 2. The second-order valence-corrected chi connectivity index (χ2v) is 7.38. The van der Waals surface area contributed by atoms with Crippen LogP contribution in [0.2, 0.25) is 0 Å². The van der Waals surface area contributed by atoms with Crippen LogP contribution in [0.5, 0.6) is 5.75 Å². The minimum atomic E-state index is -0.636. The van der Waals surface area contributed by atoms with E-state index in [0.29, 0.717) is 23.3 Å². The number of primary amides is 1. The van der Waals surface area contributed by atoms with Gasteiger partial charge in [0.2, 0.25) is 0 Å². The van der Waals surface area contributed by atoms with Crippen molar-refractivity contribution in [2.45, 2.75) is 32.3 Å². The number of fused-ring (bicyclic) bond motifs is 1. The van der Waals surface area contributed by atoms with E-state index in [1.54, 1.807) is 12.1 Å². The Morgan fingerprint density at radius 3 is 2.67 bits per heavy atom. The van der Waals surface area contributed by atoms with Crippen molar-refractivity contribution in [3.05, 3.63) is 64.8 Å². The molecule has 0 aliphatic heterocycles. The molecule has 0 fully saturated rings. The van der Waals surface area contributed by atoms with Gasteiger partial charge in [0.25, 0.3) is 5.91 Å². The van der Waals surface area contributed by atoms with Crippen LogP contribution in [0.4, 0.5) is 0 Å². The summed E-state index contributed by atoms with van der Waals surface area (Å²) in [5.74, 6) is 4.81. The second kappa shape index (κ2) is 9.49. The number of aromatic amines is 1. The number of hydrogen-bond acceptors (Lipinski definition) is 4. The quantitative estimate of drug-likeness (QED) is 0.452. The van der Waals surface area contributed by atoms with E-state index in [2.05, 4.69) is 16.8 Å². The van der Waals surface area contributed by atoms with E-state index in [1.165, 1.54) is 0 Å².